The molecule has 0 amide bonds. The second-order valence-corrected chi connectivity index (χ2v) is 1.60. The van der Waals surface area contributed by atoms with Gasteiger partial charge in [-0.15, -0.1) is 0 Å². The maximum absolute atomic E-state index is 9.98. The summed E-state index contributed by atoms with van der Waals surface area (Å²) in [6, 6.07) is 0. The summed E-state index contributed by atoms with van der Waals surface area (Å²) in [7, 11) is 0. The molecular formula is C6H9NO3. The van der Waals surface area contributed by atoms with E-state index in [2.05, 4.69) is 0 Å². The van der Waals surface area contributed by atoms with Crippen LogP contribution in [0.25, 0.3) is 0 Å². The molecule has 4 nitrogen and oxygen atoms in total. The normalized spacial score (nSPS) is 12.4. The number of aliphatic hydroxyl groups is 1. The molecule has 0 heterocycles. The van der Waals surface area contributed by atoms with Crippen molar-refractivity contribution in [1.82, 2.24) is 0 Å². The summed E-state index contributed by atoms with van der Waals surface area (Å²) in [6.07, 6.45) is 4.42. The van der Waals surface area contributed by atoms with Crippen LogP contribution in [0.4, 0.5) is 0 Å². The first-order valence-electron chi connectivity index (χ1n) is 2.79. The monoisotopic (exact) mass is 143 g/mol. The molecule has 0 unspecified atom stereocenters. The zero-order valence-electron chi connectivity index (χ0n) is 5.65. The molecule has 0 atom stereocenters. The van der Waals surface area contributed by atoms with Crippen molar-refractivity contribution in [2.24, 2.45) is 0 Å². The smallest absolute Gasteiger partial charge is 0.271 e. The third-order valence-corrected chi connectivity index (χ3v) is 0.878. The molecule has 0 aromatic carbocycles. The van der Waals surface area contributed by atoms with Gasteiger partial charge < -0.3 is 5.11 Å². The fourth-order valence-corrected chi connectivity index (χ4v) is 0.379. The topological polar surface area (TPSA) is 63.4 Å². The molecule has 0 aliphatic heterocycles. The first-order chi connectivity index (χ1) is 4.72. The van der Waals surface area contributed by atoms with E-state index in [1.165, 1.54) is 12.2 Å². The zero-order chi connectivity index (χ0) is 7.98. The quantitative estimate of drug-likeness (QED) is 0.359. The molecule has 0 aromatic heterocycles. The van der Waals surface area contributed by atoms with Crippen LogP contribution in [0.5, 0.6) is 0 Å². The van der Waals surface area contributed by atoms with Crippen LogP contribution in [0.1, 0.15) is 6.92 Å². The van der Waals surface area contributed by atoms with Crippen LogP contribution in [-0.4, -0.2) is 16.6 Å². The van der Waals surface area contributed by atoms with Crippen LogP contribution in [0, 0.1) is 10.1 Å². The molecule has 0 radical (unpaired) electrons. The van der Waals surface area contributed by atoms with Gasteiger partial charge in [0.1, 0.15) is 6.61 Å². The van der Waals surface area contributed by atoms with Crippen molar-refractivity contribution < 1.29 is 10.0 Å². The fourth-order valence-electron chi connectivity index (χ4n) is 0.379. The van der Waals surface area contributed by atoms with Crippen LogP contribution >= 0.6 is 0 Å². The summed E-state index contributed by atoms with van der Waals surface area (Å²) in [5.74, 6) is 0. The Labute approximate surface area is 58.6 Å². The lowest BCUT2D eigenvalue weighted by molar-refractivity contribution is -0.429. The fraction of sp³-hybridized carbons (Fsp3) is 0.333. The van der Waals surface area contributed by atoms with Gasteiger partial charge in [0.15, 0.2) is 0 Å². The molecule has 56 valence electrons. The number of allylic oxidation sites excluding steroid dienone is 3. The predicted octanol–water partition coefficient (Wildman–Crippen LogP) is 0.715. The summed E-state index contributed by atoms with van der Waals surface area (Å²) >= 11 is 0. The highest BCUT2D eigenvalue weighted by atomic mass is 16.6. The number of hydrogen-bond acceptors (Lipinski definition) is 3. The van der Waals surface area contributed by atoms with E-state index >= 15 is 0 Å². The molecular weight excluding hydrogens is 134 g/mol. The minimum atomic E-state index is -0.611. The largest absolute Gasteiger partial charge is 0.385 e. The molecule has 10 heavy (non-hydrogen) atoms. The Morgan fingerprint density at radius 2 is 2.40 bits per heavy atom. The maximum atomic E-state index is 9.98. The van der Waals surface area contributed by atoms with Crippen molar-refractivity contribution in [3.05, 3.63) is 34.0 Å². The standard InChI is InChI=1S/C6H9NO3/c1-2-3-4-6(5-8)7(9)10/h2-4,8H,5H2,1H3/b3-2+,6-4-. The molecule has 0 spiro atoms. The van der Waals surface area contributed by atoms with Crippen molar-refractivity contribution in [2.75, 3.05) is 6.61 Å². The third-order valence-electron chi connectivity index (χ3n) is 0.878. The minimum absolute atomic E-state index is 0.196. The molecule has 0 saturated carbocycles. The second kappa shape index (κ2) is 4.69. The highest BCUT2D eigenvalue weighted by Gasteiger charge is 2.04. The van der Waals surface area contributed by atoms with E-state index in [4.69, 9.17) is 5.11 Å². The molecule has 0 bridgehead atoms. The number of rotatable bonds is 3. The van der Waals surface area contributed by atoms with E-state index in [0.717, 1.165) is 0 Å². The van der Waals surface area contributed by atoms with Crippen LogP contribution in [0.2, 0.25) is 0 Å². The van der Waals surface area contributed by atoms with E-state index in [1.54, 1.807) is 13.0 Å². The molecule has 0 fully saturated rings. The van der Waals surface area contributed by atoms with Gasteiger partial charge in [-0.25, -0.2) is 0 Å². The van der Waals surface area contributed by atoms with Crippen molar-refractivity contribution in [1.29, 1.82) is 0 Å². The van der Waals surface area contributed by atoms with Crippen molar-refractivity contribution in [2.45, 2.75) is 6.92 Å². The number of aliphatic hydroxyl groups excluding tert-OH is 1. The van der Waals surface area contributed by atoms with Gasteiger partial charge in [-0.1, -0.05) is 12.2 Å². The molecule has 0 aliphatic carbocycles. The molecule has 0 rings (SSSR count). The Morgan fingerprint density at radius 1 is 1.80 bits per heavy atom. The van der Waals surface area contributed by atoms with Crippen LogP contribution in [-0.2, 0) is 0 Å². The lowest BCUT2D eigenvalue weighted by Gasteiger charge is -1.88. The molecule has 0 aromatic rings. The van der Waals surface area contributed by atoms with Crippen LogP contribution in [0.15, 0.2) is 23.9 Å². The van der Waals surface area contributed by atoms with E-state index in [-0.39, 0.29) is 5.70 Å². The Kier molecular flexibility index (Phi) is 4.15. The second-order valence-electron chi connectivity index (χ2n) is 1.60. The van der Waals surface area contributed by atoms with Gasteiger partial charge in [-0.2, -0.15) is 0 Å². The number of nitro groups is 1. The lowest BCUT2D eigenvalue weighted by atomic mass is 10.4. The highest BCUT2D eigenvalue weighted by Crippen LogP contribution is 1.93. The Bertz CT molecular complexity index is 172. The summed E-state index contributed by atoms with van der Waals surface area (Å²) in [5, 5.41) is 18.4. The van der Waals surface area contributed by atoms with Gasteiger partial charge in [0.2, 0.25) is 0 Å². The van der Waals surface area contributed by atoms with Crippen LogP contribution in [0.3, 0.4) is 0 Å². The Balaban J connectivity index is 4.18. The lowest BCUT2D eigenvalue weighted by Crippen LogP contribution is -2.02. The number of nitrogens with zero attached hydrogens (tertiary/aromatic N) is 1. The van der Waals surface area contributed by atoms with E-state index in [9.17, 15) is 10.1 Å². The van der Waals surface area contributed by atoms with Gasteiger partial charge in [0.25, 0.3) is 5.70 Å². The zero-order valence-corrected chi connectivity index (χ0v) is 5.65. The van der Waals surface area contributed by atoms with Gasteiger partial charge in [-0.05, 0) is 6.92 Å². The van der Waals surface area contributed by atoms with Crippen molar-refractivity contribution >= 4 is 0 Å². The van der Waals surface area contributed by atoms with Crippen molar-refractivity contribution in [3.63, 3.8) is 0 Å². The maximum Gasteiger partial charge on any atom is 0.271 e. The predicted molar refractivity (Wildman–Crippen MR) is 37.0 cm³/mol. The van der Waals surface area contributed by atoms with Gasteiger partial charge in [0.05, 0.1) is 4.92 Å². The van der Waals surface area contributed by atoms with E-state index < -0.39 is 11.5 Å². The molecule has 4 heteroatoms. The van der Waals surface area contributed by atoms with Crippen molar-refractivity contribution in [3.8, 4) is 0 Å². The average Bonchev–Trinajstić information content (AvgIpc) is 1.89. The van der Waals surface area contributed by atoms with Crippen LogP contribution < -0.4 is 0 Å². The molecule has 0 aliphatic rings. The summed E-state index contributed by atoms with van der Waals surface area (Å²) in [6.45, 7) is 1.21. The first kappa shape index (κ1) is 8.84. The highest BCUT2D eigenvalue weighted by molar-refractivity contribution is 5.05. The molecule has 0 saturated heterocycles. The number of hydrogen-bond donors (Lipinski definition) is 1. The molecule has 1 N–H and O–H groups in total. The average molecular weight is 143 g/mol. The van der Waals surface area contributed by atoms with E-state index in [0.29, 0.717) is 0 Å². The van der Waals surface area contributed by atoms with E-state index in [1.807, 2.05) is 0 Å². The summed E-state index contributed by atoms with van der Waals surface area (Å²) < 4.78 is 0. The minimum Gasteiger partial charge on any atom is -0.385 e. The Morgan fingerprint density at radius 3 is 2.70 bits per heavy atom. The van der Waals surface area contributed by atoms with Gasteiger partial charge in [0, 0.05) is 6.08 Å². The summed E-state index contributed by atoms with van der Waals surface area (Å²) in [5.41, 5.74) is -0.196. The summed E-state index contributed by atoms with van der Waals surface area (Å²) in [4.78, 5) is 9.37. The van der Waals surface area contributed by atoms with Gasteiger partial charge >= 0.3 is 0 Å². The SMILES string of the molecule is C/C=C/C=C(/CO)[N+](=O)[O-]. The first-order valence-corrected chi connectivity index (χ1v) is 2.79. The van der Waals surface area contributed by atoms with Gasteiger partial charge in [-0.3, -0.25) is 10.1 Å². The third kappa shape index (κ3) is 2.99. The Hall–Kier alpha value is -1.16.